The molecule has 20 heavy (non-hydrogen) atoms. The summed E-state index contributed by atoms with van der Waals surface area (Å²) in [5.74, 6) is 0.757. The lowest BCUT2D eigenvalue weighted by Crippen LogP contribution is -2.34. The lowest BCUT2D eigenvalue weighted by atomic mass is 10.1. The highest BCUT2D eigenvalue weighted by Crippen LogP contribution is 2.24. The maximum atomic E-state index is 5.74. The molecule has 0 aliphatic carbocycles. The van der Waals surface area contributed by atoms with Crippen LogP contribution in [0.2, 0.25) is 0 Å². The molecule has 0 radical (unpaired) electrons. The number of rotatable bonds is 2. The molecule has 2 aromatic rings. The Labute approximate surface area is 126 Å². The highest BCUT2D eigenvalue weighted by atomic mass is 79.9. The first-order chi connectivity index (χ1) is 9.72. The molecule has 0 spiro atoms. The molecular formula is C15H16BrN3O. The second-order valence-electron chi connectivity index (χ2n) is 4.83. The largest absolute Gasteiger partial charge is 0.368 e. The number of halogens is 1. The van der Waals surface area contributed by atoms with Crippen LogP contribution in [-0.4, -0.2) is 29.7 Å². The van der Waals surface area contributed by atoms with Crippen LogP contribution in [0.5, 0.6) is 0 Å². The number of aryl methyl sites for hydroxylation is 1. The molecular weight excluding hydrogens is 318 g/mol. The predicted octanol–water partition coefficient (Wildman–Crippen LogP) is 2.88. The first-order valence-electron chi connectivity index (χ1n) is 6.66. The summed E-state index contributed by atoms with van der Waals surface area (Å²) < 4.78 is 6.78. The Bertz CT molecular complexity index is 612. The Kier molecular flexibility index (Phi) is 4.10. The number of aromatic nitrogens is 2. The third kappa shape index (κ3) is 3.06. The van der Waals surface area contributed by atoms with Crippen LogP contribution in [0.3, 0.4) is 0 Å². The molecule has 1 unspecified atom stereocenters. The normalized spacial score (nSPS) is 19.0. The molecule has 1 N–H and O–H groups in total. The fraction of sp³-hybridized carbons (Fsp3) is 0.333. The van der Waals surface area contributed by atoms with Gasteiger partial charge < -0.3 is 10.1 Å². The zero-order valence-electron chi connectivity index (χ0n) is 11.3. The van der Waals surface area contributed by atoms with Gasteiger partial charge in [-0.25, -0.2) is 9.97 Å². The van der Waals surface area contributed by atoms with Crippen molar-refractivity contribution in [1.82, 2.24) is 15.3 Å². The molecule has 0 saturated carbocycles. The first kappa shape index (κ1) is 13.7. The molecule has 0 amide bonds. The van der Waals surface area contributed by atoms with Crippen molar-refractivity contribution in [3.63, 3.8) is 0 Å². The van der Waals surface area contributed by atoms with Crippen LogP contribution in [0, 0.1) is 6.92 Å². The van der Waals surface area contributed by atoms with E-state index >= 15 is 0 Å². The van der Waals surface area contributed by atoms with Crippen molar-refractivity contribution in [2.45, 2.75) is 13.0 Å². The van der Waals surface area contributed by atoms with Crippen molar-refractivity contribution in [2.75, 3.05) is 19.7 Å². The lowest BCUT2D eigenvalue weighted by Gasteiger charge is -2.23. The van der Waals surface area contributed by atoms with Gasteiger partial charge in [-0.1, -0.05) is 28.1 Å². The average molecular weight is 334 g/mol. The Hall–Kier alpha value is -1.30. The summed E-state index contributed by atoms with van der Waals surface area (Å²) in [6.45, 7) is 4.35. The summed E-state index contributed by atoms with van der Waals surface area (Å²) in [5, 5.41) is 3.31. The van der Waals surface area contributed by atoms with Crippen molar-refractivity contribution in [2.24, 2.45) is 0 Å². The Morgan fingerprint density at radius 3 is 2.95 bits per heavy atom. The van der Waals surface area contributed by atoms with Crippen LogP contribution in [-0.2, 0) is 4.74 Å². The molecule has 5 heteroatoms. The molecule has 1 saturated heterocycles. The second kappa shape index (κ2) is 5.99. The molecule has 0 bridgehead atoms. The first-order valence-corrected chi connectivity index (χ1v) is 7.45. The number of morpholine rings is 1. The third-order valence-electron chi connectivity index (χ3n) is 3.21. The summed E-state index contributed by atoms with van der Waals surface area (Å²) >= 11 is 3.49. The topological polar surface area (TPSA) is 47.0 Å². The summed E-state index contributed by atoms with van der Waals surface area (Å²) in [6, 6.07) is 10.1. The van der Waals surface area contributed by atoms with Crippen molar-refractivity contribution in [3.8, 4) is 11.3 Å². The van der Waals surface area contributed by atoms with E-state index in [2.05, 4.69) is 43.3 Å². The van der Waals surface area contributed by atoms with Crippen LogP contribution in [0.25, 0.3) is 11.3 Å². The van der Waals surface area contributed by atoms with Gasteiger partial charge in [0.1, 0.15) is 6.10 Å². The monoisotopic (exact) mass is 333 g/mol. The van der Waals surface area contributed by atoms with Crippen LogP contribution in [0.1, 0.15) is 17.6 Å². The van der Waals surface area contributed by atoms with Gasteiger partial charge in [0.15, 0.2) is 5.82 Å². The lowest BCUT2D eigenvalue weighted by molar-refractivity contribution is 0.0221. The van der Waals surface area contributed by atoms with E-state index in [9.17, 15) is 0 Å². The van der Waals surface area contributed by atoms with Crippen LogP contribution < -0.4 is 5.32 Å². The average Bonchev–Trinajstić information content (AvgIpc) is 2.47. The van der Waals surface area contributed by atoms with Gasteiger partial charge in [0.2, 0.25) is 0 Å². The smallest absolute Gasteiger partial charge is 0.159 e. The molecule has 3 rings (SSSR count). The van der Waals surface area contributed by atoms with Crippen molar-refractivity contribution < 1.29 is 4.74 Å². The van der Waals surface area contributed by atoms with Gasteiger partial charge in [0.25, 0.3) is 0 Å². The van der Waals surface area contributed by atoms with Crippen molar-refractivity contribution in [3.05, 3.63) is 46.3 Å². The summed E-state index contributed by atoms with van der Waals surface area (Å²) in [5.41, 5.74) is 2.97. The molecule has 1 aromatic carbocycles. The van der Waals surface area contributed by atoms with Crippen LogP contribution in [0.4, 0.5) is 0 Å². The Morgan fingerprint density at radius 1 is 1.30 bits per heavy atom. The van der Waals surface area contributed by atoms with Crippen molar-refractivity contribution in [1.29, 1.82) is 0 Å². The Morgan fingerprint density at radius 2 is 2.20 bits per heavy atom. The number of nitrogens with one attached hydrogen (secondary N) is 1. The van der Waals surface area contributed by atoms with E-state index in [0.717, 1.165) is 40.3 Å². The van der Waals surface area contributed by atoms with Crippen LogP contribution >= 0.6 is 15.9 Å². The quantitative estimate of drug-likeness (QED) is 0.917. The number of hydrogen-bond acceptors (Lipinski definition) is 4. The van der Waals surface area contributed by atoms with E-state index in [1.165, 1.54) is 0 Å². The minimum atomic E-state index is -0.0606. The third-order valence-corrected chi connectivity index (χ3v) is 3.70. The number of hydrogen-bond donors (Lipinski definition) is 1. The molecule has 104 valence electrons. The van der Waals surface area contributed by atoms with E-state index in [1.807, 2.05) is 25.1 Å². The van der Waals surface area contributed by atoms with Gasteiger partial charge in [-0.3, -0.25) is 0 Å². The highest BCUT2D eigenvalue weighted by Gasteiger charge is 2.19. The van der Waals surface area contributed by atoms with E-state index in [1.54, 1.807) is 0 Å². The molecule has 4 nitrogen and oxygen atoms in total. The second-order valence-corrected chi connectivity index (χ2v) is 5.74. The molecule has 1 aromatic heterocycles. The summed E-state index contributed by atoms with van der Waals surface area (Å²) in [6.07, 6.45) is -0.0606. The van der Waals surface area contributed by atoms with Gasteiger partial charge >= 0.3 is 0 Å². The zero-order chi connectivity index (χ0) is 13.9. The number of ether oxygens (including phenoxy) is 1. The maximum absolute atomic E-state index is 5.74. The maximum Gasteiger partial charge on any atom is 0.159 e. The molecule has 2 heterocycles. The fourth-order valence-corrected chi connectivity index (χ4v) is 2.66. The van der Waals surface area contributed by atoms with E-state index in [4.69, 9.17) is 4.74 Å². The minimum Gasteiger partial charge on any atom is -0.368 e. The zero-order valence-corrected chi connectivity index (χ0v) is 12.9. The molecule has 1 aliphatic rings. The standard InChI is InChI=1S/C15H16BrN3O/c1-10-7-13(11-3-2-4-12(16)8-11)19-15(18-10)14-9-17-5-6-20-14/h2-4,7-8,14,17H,5-6,9H2,1H3. The molecule has 1 aliphatic heterocycles. The van der Waals surface area contributed by atoms with Gasteiger partial charge in [-0.2, -0.15) is 0 Å². The van der Waals surface area contributed by atoms with E-state index in [-0.39, 0.29) is 6.10 Å². The van der Waals surface area contributed by atoms with Crippen molar-refractivity contribution >= 4 is 15.9 Å². The molecule has 1 fully saturated rings. The van der Waals surface area contributed by atoms with Crippen LogP contribution in [0.15, 0.2) is 34.8 Å². The number of benzene rings is 1. The molecule has 1 atom stereocenters. The van der Waals surface area contributed by atoms with Gasteiger partial charge in [0, 0.05) is 28.8 Å². The predicted molar refractivity (Wildman–Crippen MR) is 81.5 cm³/mol. The van der Waals surface area contributed by atoms with E-state index < -0.39 is 0 Å². The number of nitrogens with zero attached hydrogens (tertiary/aromatic N) is 2. The van der Waals surface area contributed by atoms with Gasteiger partial charge in [0.05, 0.1) is 12.3 Å². The highest BCUT2D eigenvalue weighted by molar-refractivity contribution is 9.10. The Balaban J connectivity index is 1.97. The minimum absolute atomic E-state index is 0.0606. The van der Waals surface area contributed by atoms with Gasteiger partial charge in [-0.05, 0) is 25.1 Å². The van der Waals surface area contributed by atoms with Gasteiger partial charge in [-0.15, -0.1) is 0 Å². The SMILES string of the molecule is Cc1cc(-c2cccc(Br)c2)nc(C2CNCCO2)n1. The summed E-state index contributed by atoms with van der Waals surface area (Å²) in [7, 11) is 0. The fourth-order valence-electron chi connectivity index (χ4n) is 2.26. The summed E-state index contributed by atoms with van der Waals surface area (Å²) in [4.78, 5) is 9.19. The van der Waals surface area contributed by atoms with E-state index in [0.29, 0.717) is 6.61 Å².